The number of hydrogen-bond donors (Lipinski definition) is 2. The molecule has 1 aliphatic heterocycles. The highest BCUT2D eigenvalue weighted by atomic mass is 32.1. The molecule has 1 aromatic rings. The van der Waals surface area contributed by atoms with Gasteiger partial charge in [-0.1, -0.05) is 11.6 Å². The largest absolute Gasteiger partial charge is 0.433 e. The number of hydrogen-bond acceptors (Lipinski definition) is 3. The molecule has 148 valence electrons. The number of hydrazine groups is 1. The molecule has 0 saturated carbocycles. The number of carbonyl (C=O) groups excluding carboxylic acids is 1. The van der Waals surface area contributed by atoms with E-state index in [1.807, 2.05) is 5.10 Å². The molecule has 1 amide bonds. The highest BCUT2D eigenvalue weighted by molar-refractivity contribution is 7.80. The van der Waals surface area contributed by atoms with Crippen molar-refractivity contribution in [2.24, 2.45) is 0 Å². The van der Waals surface area contributed by atoms with Crippen LogP contribution in [-0.2, 0) is 6.18 Å². The van der Waals surface area contributed by atoms with Gasteiger partial charge in [0.05, 0.1) is 11.8 Å². The lowest BCUT2D eigenvalue weighted by Gasteiger charge is -2.30. The summed E-state index contributed by atoms with van der Waals surface area (Å²) in [5, 5.41) is 11.5. The van der Waals surface area contributed by atoms with Crippen molar-refractivity contribution in [3.8, 4) is 0 Å². The molecule has 2 heterocycles. The van der Waals surface area contributed by atoms with Gasteiger partial charge in [0.25, 0.3) is 5.91 Å². The Morgan fingerprint density at radius 1 is 1.26 bits per heavy atom. The van der Waals surface area contributed by atoms with E-state index < -0.39 is 23.3 Å². The molecule has 1 aliphatic carbocycles. The predicted molar refractivity (Wildman–Crippen MR) is 97.7 cm³/mol. The molecule has 2 N–H and O–H groups in total. The molecule has 6 nitrogen and oxygen atoms in total. The number of H-pyrrole nitrogens is 1. The number of amides is 1. The first-order chi connectivity index (χ1) is 12.9. The Labute approximate surface area is 160 Å². The zero-order chi connectivity index (χ0) is 19.4. The van der Waals surface area contributed by atoms with E-state index >= 15 is 0 Å². The molecule has 10 heteroatoms. The molecule has 0 atom stereocenters. The third-order valence-corrected chi connectivity index (χ3v) is 5.12. The smallest absolute Gasteiger partial charge is 0.361 e. The second kappa shape index (κ2) is 8.28. The maximum atomic E-state index is 13.0. The van der Waals surface area contributed by atoms with Gasteiger partial charge in [-0.05, 0) is 50.7 Å². The van der Waals surface area contributed by atoms with Crippen LogP contribution in [0.2, 0.25) is 0 Å². The molecule has 0 spiro atoms. The van der Waals surface area contributed by atoms with E-state index in [9.17, 15) is 18.0 Å². The van der Waals surface area contributed by atoms with Crippen molar-refractivity contribution in [3.05, 3.63) is 29.1 Å². The van der Waals surface area contributed by atoms with Crippen LogP contribution in [0.3, 0.4) is 0 Å². The number of nitrogens with one attached hydrogen (secondary N) is 2. The van der Waals surface area contributed by atoms with Gasteiger partial charge in [-0.15, -0.1) is 0 Å². The molecule has 3 rings (SSSR count). The van der Waals surface area contributed by atoms with Crippen LogP contribution in [0.15, 0.2) is 17.8 Å². The zero-order valence-corrected chi connectivity index (χ0v) is 15.6. The molecule has 1 saturated heterocycles. The van der Waals surface area contributed by atoms with Crippen molar-refractivity contribution in [2.75, 3.05) is 19.6 Å². The number of nitrogens with zero attached hydrogens (tertiary/aromatic N) is 3. The average Bonchev–Trinajstić information content (AvgIpc) is 3.31. The van der Waals surface area contributed by atoms with Gasteiger partial charge >= 0.3 is 6.18 Å². The van der Waals surface area contributed by atoms with E-state index in [4.69, 9.17) is 12.2 Å². The van der Waals surface area contributed by atoms with Gasteiger partial charge in [0, 0.05) is 19.6 Å². The van der Waals surface area contributed by atoms with E-state index in [-0.39, 0.29) is 0 Å². The van der Waals surface area contributed by atoms with Crippen LogP contribution in [-0.4, -0.2) is 50.9 Å². The number of halogens is 3. The van der Waals surface area contributed by atoms with Crippen LogP contribution in [0.1, 0.15) is 54.6 Å². The topological polar surface area (TPSA) is 64.3 Å². The summed E-state index contributed by atoms with van der Waals surface area (Å²) in [6.07, 6.45) is 4.67. The van der Waals surface area contributed by atoms with Gasteiger partial charge in [-0.3, -0.25) is 14.9 Å². The minimum Gasteiger partial charge on any atom is -0.361 e. The van der Waals surface area contributed by atoms with E-state index in [1.54, 1.807) is 5.01 Å². The maximum absolute atomic E-state index is 13.0. The maximum Gasteiger partial charge on any atom is 0.433 e. The number of allylic oxidation sites excluding steroid dienone is 1. The number of rotatable bonds is 4. The zero-order valence-electron chi connectivity index (χ0n) is 14.8. The minimum atomic E-state index is -4.67. The van der Waals surface area contributed by atoms with Crippen molar-refractivity contribution >= 4 is 23.2 Å². The van der Waals surface area contributed by atoms with Crippen LogP contribution >= 0.6 is 12.2 Å². The van der Waals surface area contributed by atoms with E-state index in [0.29, 0.717) is 31.2 Å². The Kier molecular flexibility index (Phi) is 6.03. The van der Waals surface area contributed by atoms with Gasteiger partial charge in [-0.2, -0.15) is 18.3 Å². The van der Waals surface area contributed by atoms with Crippen molar-refractivity contribution < 1.29 is 18.0 Å². The lowest BCUT2D eigenvalue weighted by Crippen LogP contribution is -2.49. The number of aromatic nitrogens is 2. The second-order valence-electron chi connectivity index (χ2n) is 6.65. The summed E-state index contributed by atoms with van der Waals surface area (Å²) in [6, 6.07) is 0. The fourth-order valence-corrected chi connectivity index (χ4v) is 3.68. The highest BCUT2D eigenvalue weighted by Crippen LogP contribution is 2.31. The van der Waals surface area contributed by atoms with Gasteiger partial charge in [0.15, 0.2) is 10.8 Å². The second-order valence-corrected chi connectivity index (χ2v) is 7.04. The van der Waals surface area contributed by atoms with Crippen molar-refractivity contribution in [3.63, 3.8) is 0 Å². The summed E-state index contributed by atoms with van der Waals surface area (Å²) in [7, 11) is 0. The summed E-state index contributed by atoms with van der Waals surface area (Å²) in [5.74, 6) is -0.757. The Hall–Kier alpha value is -2.10. The predicted octanol–water partition coefficient (Wildman–Crippen LogP) is 3.26. The Bertz CT molecular complexity index is 730. The van der Waals surface area contributed by atoms with Crippen molar-refractivity contribution in [1.82, 2.24) is 25.5 Å². The van der Waals surface area contributed by atoms with Gasteiger partial charge in [0.1, 0.15) is 0 Å². The van der Waals surface area contributed by atoms with Gasteiger partial charge < -0.3 is 5.32 Å². The minimum absolute atomic E-state index is 0.314. The van der Waals surface area contributed by atoms with Crippen LogP contribution in [0, 0.1) is 0 Å². The number of alkyl halides is 3. The fraction of sp³-hybridized carbons (Fsp3) is 0.588. The van der Waals surface area contributed by atoms with Gasteiger partial charge in [0.2, 0.25) is 0 Å². The Morgan fingerprint density at radius 3 is 2.74 bits per heavy atom. The Morgan fingerprint density at radius 2 is 2.04 bits per heavy atom. The number of thiocarbonyl (C=S) groups is 1. The molecule has 0 unspecified atom stereocenters. The van der Waals surface area contributed by atoms with Crippen LogP contribution in [0.4, 0.5) is 13.2 Å². The molecule has 2 aliphatic rings. The lowest BCUT2D eigenvalue weighted by molar-refractivity contribution is -0.141. The van der Waals surface area contributed by atoms with Crippen molar-refractivity contribution in [2.45, 2.75) is 44.7 Å². The molecule has 1 fully saturated rings. The fourth-order valence-electron chi connectivity index (χ4n) is 3.39. The monoisotopic (exact) mass is 401 g/mol. The van der Waals surface area contributed by atoms with Gasteiger partial charge in [-0.25, -0.2) is 5.01 Å². The number of carbonyl (C=O) groups is 1. The molecule has 27 heavy (non-hydrogen) atoms. The molecule has 1 aromatic heterocycles. The summed E-state index contributed by atoms with van der Waals surface area (Å²) >= 11 is 5.37. The lowest BCUT2D eigenvalue weighted by atomic mass is 9.97. The summed E-state index contributed by atoms with van der Waals surface area (Å²) in [6.45, 7) is 1.44. The first-order valence-electron chi connectivity index (χ1n) is 9.03. The summed E-state index contributed by atoms with van der Waals surface area (Å²) in [4.78, 5) is 12.6. The van der Waals surface area contributed by atoms with Crippen LogP contribution in [0.5, 0.6) is 0 Å². The normalized spacial score (nSPS) is 17.8. The van der Waals surface area contributed by atoms with E-state index in [0.717, 1.165) is 25.5 Å². The molecule has 0 radical (unpaired) electrons. The first-order valence-corrected chi connectivity index (χ1v) is 9.44. The molecule has 0 bridgehead atoms. The summed E-state index contributed by atoms with van der Waals surface area (Å²) in [5.41, 5.74) is -0.230. The Balaban J connectivity index is 1.61. The third-order valence-electron chi connectivity index (χ3n) is 4.76. The summed E-state index contributed by atoms with van der Waals surface area (Å²) < 4.78 is 39.1. The molecular weight excluding hydrogens is 379 g/mol. The van der Waals surface area contributed by atoms with Crippen LogP contribution in [0.25, 0.3) is 0 Å². The number of aromatic amines is 1. The van der Waals surface area contributed by atoms with E-state index in [2.05, 4.69) is 16.5 Å². The SMILES string of the molecule is O=C(c1cn[nH]c1C(F)(F)F)N1CCCN1C(=S)NCCC1=CCCCC1. The quantitative estimate of drug-likeness (QED) is 0.599. The van der Waals surface area contributed by atoms with Crippen molar-refractivity contribution in [1.29, 1.82) is 0 Å². The third kappa shape index (κ3) is 4.60. The standard InChI is InChI=1S/C17H22F3N5OS/c18-17(19,20)14-13(11-22-23-14)15(26)24-9-4-10-25(24)16(27)21-8-7-12-5-2-1-3-6-12/h5,11H,1-4,6-10H2,(H,21,27)(H,22,23). The highest BCUT2D eigenvalue weighted by Gasteiger charge is 2.40. The molecule has 0 aromatic carbocycles. The van der Waals surface area contributed by atoms with E-state index in [1.165, 1.54) is 23.4 Å². The molecular formula is C17H22F3N5OS. The average molecular weight is 401 g/mol. The van der Waals surface area contributed by atoms with Crippen LogP contribution < -0.4 is 5.32 Å². The first kappa shape index (κ1) is 19.7.